The number of carbonyl (C=O) groups excluding carboxylic acids is 1. The van der Waals surface area contributed by atoms with E-state index in [2.05, 4.69) is 42.2 Å². The zero-order valence-corrected chi connectivity index (χ0v) is 16.9. The van der Waals surface area contributed by atoms with Crippen LogP contribution in [0.1, 0.15) is 57.4 Å². The van der Waals surface area contributed by atoms with Crippen molar-refractivity contribution >= 4 is 5.97 Å². The van der Waals surface area contributed by atoms with E-state index >= 15 is 0 Å². The Kier molecular flexibility index (Phi) is 7.94. The lowest BCUT2D eigenvalue weighted by atomic mass is 9.77. The van der Waals surface area contributed by atoms with Crippen LogP contribution in [0.5, 0.6) is 0 Å². The molecule has 1 heterocycles. The maximum atomic E-state index is 12.9. The number of hydrogen-bond donors (Lipinski definition) is 0. The number of likely N-dealkylation sites (N-methyl/N-ethyl adjacent to an activating group) is 1. The molecule has 1 unspecified atom stereocenters. The molecule has 148 valence electrons. The first-order valence-electron chi connectivity index (χ1n) is 10.9. The van der Waals surface area contributed by atoms with Crippen molar-refractivity contribution in [1.29, 1.82) is 0 Å². The Morgan fingerprint density at radius 1 is 1.11 bits per heavy atom. The van der Waals surface area contributed by atoms with Crippen molar-refractivity contribution in [2.75, 3.05) is 26.2 Å². The van der Waals surface area contributed by atoms with Crippen LogP contribution in [-0.4, -0.2) is 37.1 Å². The van der Waals surface area contributed by atoms with Crippen LogP contribution >= 0.6 is 0 Å². The molecule has 1 aromatic carbocycles. The first-order chi connectivity index (χ1) is 13.3. The van der Waals surface area contributed by atoms with Crippen LogP contribution in [0.3, 0.4) is 0 Å². The van der Waals surface area contributed by atoms with Gasteiger partial charge in [-0.15, -0.1) is 0 Å². The monoisotopic (exact) mass is 369 g/mol. The first kappa shape index (κ1) is 20.1. The molecule has 0 N–H and O–H groups in total. The number of hydrogen-bond acceptors (Lipinski definition) is 3. The molecule has 0 saturated heterocycles. The average Bonchev–Trinajstić information content (AvgIpc) is 2.74. The van der Waals surface area contributed by atoms with Crippen LogP contribution in [0.2, 0.25) is 0 Å². The van der Waals surface area contributed by atoms with Gasteiger partial charge in [0.15, 0.2) is 0 Å². The Balaban J connectivity index is 1.48. The summed E-state index contributed by atoms with van der Waals surface area (Å²) < 4.78 is 5.73. The molecule has 3 heteroatoms. The molecule has 0 bridgehead atoms. The van der Waals surface area contributed by atoms with Crippen LogP contribution in [0.4, 0.5) is 0 Å². The highest BCUT2D eigenvalue weighted by Crippen LogP contribution is 2.36. The van der Waals surface area contributed by atoms with Gasteiger partial charge < -0.3 is 4.74 Å². The van der Waals surface area contributed by atoms with Gasteiger partial charge in [-0.1, -0.05) is 68.2 Å². The lowest BCUT2D eigenvalue weighted by molar-refractivity contribution is -0.148. The van der Waals surface area contributed by atoms with E-state index in [0.717, 1.165) is 38.9 Å². The fourth-order valence-electron chi connectivity index (χ4n) is 4.52. The summed E-state index contributed by atoms with van der Waals surface area (Å²) in [5, 5.41) is 0. The van der Waals surface area contributed by atoms with Crippen molar-refractivity contribution in [3.63, 3.8) is 0 Å². The molecule has 1 fully saturated rings. The molecular weight excluding hydrogens is 334 g/mol. The van der Waals surface area contributed by atoms with E-state index in [0.29, 0.717) is 12.5 Å². The molecule has 0 aromatic heterocycles. The number of benzene rings is 1. The van der Waals surface area contributed by atoms with Gasteiger partial charge in [0.25, 0.3) is 0 Å². The number of ether oxygens (including phenoxy) is 1. The lowest BCUT2D eigenvalue weighted by Gasteiger charge is -2.36. The van der Waals surface area contributed by atoms with Gasteiger partial charge in [-0.05, 0) is 50.1 Å². The highest BCUT2D eigenvalue weighted by atomic mass is 16.5. The predicted molar refractivity (Wildman–Crippen MR) is 111 cm³/mol. The van der Waals surface area contributed by atoms with Crippen LogP contribution in [0, 0.1) is 11.8 Å². The maximum Gasteiger partial charge on any atom is 0.314 e. The van der Waals surface area contributed by atoms with Crippen LogP contribution in [0.15, 0.2) is 42.0 Å². The molecule has 1 atom stereocenters. The fraction of sp³-hybridized carbons (Fsp3) is 0.625. The van der Waals surface area contributed by atoms with Gasteiger partial charge in [-0.3, -0.25) is 9.69 Å². The van der Waals surface area contributed by atoms with E-state index in [4.69, 9.17) is 4.74 Å². The van der Waals surface area contributed by atoms with Crippen molar-refractivity contribution in [3.05, 3.63) is 47.5 Å². The first-order valence-corrected chi connectivity index (χ1v) is 10.9. The van der Waals surface area contributed by atoms with E-state index in [9.17, 15) is 4.79 Å². The summed E-state index contributed by atoms with van der Waals surface area (Å²) in [5.41, 5.74) is 2.74. The minimum absolute atomic E-state index is 0.00434. The normalized spacial score (nSPS) is 21.7. The highest BCUT2D eigenvalue weighted by molar-refractivity contribution is 5.76. The van der Waals surface area contributed by atoms with Gasteiger partial charge in [-0.25, -0.2) is 0 Å². The lowest BCUT2D eigenvalue weighted by Crippen LogP contribution is -2.41. The third-order valence-corrected chi connectivity index (χ3v) is 6.18. The van der Waals surface area contributed by atoms with Gasteiger partial charge >= 0.3 is 5.97 Å². The van der Waals surface area contributed by atoms with Gasteiger partial charge in [0.1, 0.15) is 0 Å². The quantitative estimate of drug-likeness (QED) is 0.366. The third kappa shape index (κ3) is 5.93. The van der Waals surface area contributed by atoms with E-state index in [1.165, 1.54) is 43.2 Å². The topological polar surface area (TPSA) is 29.5 Å². The average molecular weight is 370 g/mol. The van der Waals surface area contributed by atoms with Crippen molar-refractivity contribution in [1.82, 2.24) is 4.90 Å². The molecule has 1 saturated carbocycles. The second-order valence-corrected chi connectivity index (χ2v) is 8.05. The molecule has 0 spiro atoms. The predicted octanol–water partition coefficient (Wildman–Crippen LogP) is 5.01. The largest absolute Gasteiger partial charge is 0.465 e. The molecule has 1 aliphatic carbocycles. The Hall–Kier alpha value is -1.61. The molecule has 1 aliphatic heterocycles. The van der Waals surface area contributed by atoms with Gasteiger partial charge in [0.05, 0.1) is 12.5 Å². The summed E-state index contributed by atoms with van der Waals surface area (Å²) in [5.74, 6) is 0.564. The zero-order chi connectivity index (χ0) is 18.9. The van der Waals surface area contributed by atoms with Crippen LogP contribution < -0.4 is 0 Å². The van der Waals surface area contributed by atoms with Crippen LogP contribution in [-0.2, 0) is 16.0 Å². The van der Waals surface area contributed by atoms with Gasteiger partial charge in [0.2, 0.25) is 0 Å². The minimum atomic E-state index is -0.0454. The van der Waals surface area contributed by atoms with Crippen LogP contribution in [0.25, 0.3) is 0 Å². The summed E-state index contributed by atoms with van der Waals surface area (Å²) in [6.45, 7) is 5.54. The molecule has 3 rings (SSSR count). The fourth-order valence-corrected chi connectivity index (χ4v) is 4.52. The summed E-state index contributed by atoms with van der Waals surface area (Å²) in [6, 6.07) is 10.5. The second kappa shape index (κ2) is 10.7. The van der Waals surface area contributed by atoms with E-state index in [1.54, 1.807) is 0 Å². The maximum absolute atomic E-state index is 12.9. The molecule has 1 aromatic rings. The highest BCUT2D eigenvalue weighted by Gasteiger charge is 2.33. The number of unbranched alkanes of at least 4 members (excludes halogenated alkanes) is 1. The SMILES string of the molecule is CCN1CC=C(C2CCCCC2)C(C(=O)OCCCCc2ccccc2)C1. The van der Waals surface area contributed by atoms with E-state index in [1.807, 2.05) is 6.07 Å². The molecule has 27 heavy (non-hydrogen) atoms. The van der Waals surface area contributed by atoms with Crippen molar-refractivity contribution in [2.24, 2.45) is 11.8 Å². The number of carbonyl (C=O) groups is 1. The minimum Gasteiger partial charge on any atom is -0.465 e. The summed E-state index contributed by atoms with van der Waals surface area (Å²) in [4.78, 5) is 15.2. The Morgan fingerprint density at radius 3 is 2.63 bits per heavy atom. The second-order valence-electron chi connectivity index (χ2n) is 8.05. The Labute approximate surface area is 164 Å². The Bertz CT molecular complexity index is 604. The summed E-state index contributed by atoms with van der Waals surface area (Å²) >= 11 is 0. The smallest absolute Gasteiger partial charge is 0.314 e. The number of nitrogens with zero attached hydrogens (tertiary/aromatic N) is 1. The molecule has 2 aliphatic rings. The summed E-state index contributed by atoms with van der Waals surface area (Å²) in [6.07, 6.45) is 11.9. The molecule has 3 nitrogen and oxygen atoms in total. The van der Waals surface area contributed by atoms with Crippen molar-refractivity contribution in [2.45, 2.75) is 58.3 Å². The zero-order valence-electron chi connectivity index (χ0n) is 16.9. The van der Waals surface area contributed by atoms with Crippen molar-refractivity contribution < 1.29 is 9.53 Å². The standard InChI is InChI=1S/C24H35NO2/c1-2-25-17-16-22(21-14-7-4-8-15-21)23(19-25)24(26)27-18-10-9-13-20-11-5-3-6-12-20/h3,5-6,11-12,16,21,23H,2,4,7-10,13-15,17-19H2,1H3. The van der Waals surface area contributed by atoms with Gasteiger partial charge in [-0.2, -0.15) is 0 Å². The van der Waals surface area contributed by atoms with Crippen molar-refractivity contribution in [3.8, 4) is 0 Å². The number of rotatable bonds is 8. The molecule has 0 radical (unpaired) electrons. The number of esters is 1. The van der Waals surface area contributed by atoms with E-state index < -0.39 is 0 Å². The molecule has 0 amide bonds. The number of aryl methyl sites for hydroxylation is 1. The third-order valence-electron chi connectivity index (χ3n) is 6.18. The molecular formula is C24H35NO2. The van der Waals surface area contributed by atoms with E-state index in [-0.39, 0.29) is 11.9 Å². The summed E-state index contributed by atoms with van der Waals surface area (Å²) in [7, 11) is 0. The Morgan fingerprint density at radius 2 is 1.89 bits per heavy atom. The van der Waals surface area contributed by atoms with Gasteiger partial charge in [0, 0.05) is 13.1 Å².